The van der Waals surface area contributed by atoms with Crippen molar-refractivity contribution in [3.63, 3.8) is 0 Å². The Bertz CT molecular complexity index is 559. The second kappa shape index (κ2) is 7.28. The van der Waals surface area contributed by atoms with Crippen LogP contribution in [0.4, 0.5) is 23.5 Å². The quantitative estimate of drug-likeness (QED) is 0.663. The fourth-order valence-corrected chi connectivity index (χ4v) is 1.91. The van der Waals surface area contributed by atoms with E-state index in [1.165, 1.54) is 5.69 Å². The summed E-state index contributed by atoms with van der Waals surface area (Å²) in [6.07, 6.45) is 0.964. The van der Waals surface area contributed by atoms with Gasteiger partial charge in [-0.2, -0.15) is 15.0 Å². The zero-order valence-electron chi connectivity index (χ0n) is 12.4. The molecule has 1 aromatic carbocycles. The lowest BCUT2D eigenvalue weighted by molar-refractivity contribution is 0.810. The van der Waals surface area contributed by atoms with Crippen LogP contribution >= 0.6 is 0 Å². The van der Waals surface area contributed by atoms with Crippen LogP contribution in [0.2, 0.25) is 0 Å². The molecule has 7 nitrogen and oxygen atoms in total. The summed E-state index contributed by atoms with van der Waals surface area (Å²) in [6.45, 7) is 1.71. The standard InChI is InChI=1S/C14H21N7/c1-16-13-18-12(15)19-14(20-13)17-9-6-10-21(2)11-7-4-3-5-8-11/h3-5,7-8H,6,9-10H2,1-2H3,(H4,15,16,17,18,19,20). The summed E-state index contributed by atoms with van der Waals surface area (Å²) in [5, 5.41) is 6.01. The van der Waals surface area contributed by atoms with Crippen molar-refractivity contribution < 1.29 is 0 Å². The molecule has 0 fully saturated rings. The highest BCUT2D eigenvalue weighted by atomic mass is 15.2. The lowest BCUT2D eigenvalue weighted by Crippen LogP contribution is -2.21. The molecular weight excluding hydrogens is 266 g/mol. The molecule has 4 N–H and O–H groups in total. The molecule has 2 aromatic rings. The summed E-state index contributed by atoms with van der Waals surface area (Å²) in [6, 6.07) is 10.3. The van der Waals surface area contributed by atoms with Crippen LogP contribution in [0.15, 0.2) is 30.3 Å². The van der Waals surface area contributed by atoms with E-state index in [2.05, 4.69) is 49.7 Å². The number of rotatable bonds is 7. The molecule has 7 heteroatoms. The molecule has 0 aliphatic rings. The third-order valence-electron chi connectivity index (χ3n) is 3.03. The Morgan fingerprint density at radius 1 is 1.10 bits per heavy atom. The largest absolute Gasteiger partial charge is 0.375 e. The number of nitrogens with one attached hydrogen (secondary N) is 2. The molecule has 112 valence electrons. The number of nitrogen functional groups attached to an aromatic ring is 1. The Balaban J connectivity index is 1.78. The lowest BCUT2D eigenvalue weighted by Gasteiger charge is -2.19. The second-order valence-corrected chi connectivity index (χ2v) is 4.63. The average Bonchev–Trinajstić information content (AvgIpc) is 2.51. The lowest BCUT2D eigenvalue weighted by atomic mass is 10.3. The second-order valence-electron chi connectivity index (χ2n) is 4.63. The van der Waals surface area contributed by atoms with Gasteiger partial charge in [0.15, 0.2) is 0 Å². The molecule has 0 bridgehead atoms. The van der Waals surface area contributed by atoms with Gasteiger partial charge in [0.25, 0.3) is 0 Å². The molecule has 0 amide bonds. The van der Waals surface area contributed by atoms with E-state index in [0.717, 1.165) is 19.5 Å². The summed E-state index contributed by atoms with van der Waals surface area (Å²) in [5.41, 5.74) is 6.82. The number of anilines is 4. The molecule has 1 aromatic heterocycles. The van der Waals surface area contributed by atoms with E-state index >= 15 is 0 Å². The summed E-state index contributed by atoms with van der Waals surface area (Å²) >= 11 is 0. The van der Waals surface area contributed by atoms with Crippen molar-refractivity contribution in [2.24, 2.45) is 0 Å². The highest BCUT2D eigenvalue weighted by Gasteiger charge is 2.03. The van der Waals surface area contributed by atoms with Gasteiger partial charge in [-0.15, -0.1) is 0 Å². The van der Waals surface area contributed by atoms with Gasteiger partial charge >= 0.3 is 0 Å². The number of nitrogens with zero attached hydrogens (tertiary/aromatic N) is 4. The monoisotopic (exact) mass is 287 g/mol. The van der Waals surface area contributed by atoms with Crippen LogP contribution in [0.1, 0.15) is 6.42 Å². The molecule has 0 aliphatic carbocycles. The molecule has 0 saturated heterocycles. The first-order valence-electron chi connectivity index (χ1n) is 6.88. The predicted octanol–water partition coefficient (Wildman–Crippen LogP) is 1.43. The van der Waals surface area contributed by atoms with Gasteiger partial charge in [-0.05, 0) is 18.6 Å². The highest BCUT2D eigenvalue weighted by Crippen LogP contribution is 2.11. The highest BCUT2D eigenvalue weighted by molar-refractivity contribution is 5.45. The van der Waals surface area contributed by atoms with Gasteiger partial charge in [-0.1, -0.05) is 18.2 Å². The van der Waals surface area contributed by atoms with Crippen LogP contribution < -0.4 is 21.3 Å². The van der Waals surface area contributed by atoms with Crippen molar-refractivity contribution in [2.45, 2.75) is 6.42 Å². The number of benzene rings is 1. The maximum atomic E-state index is 5.61. The minimum absolute atomic E-state index is 0.207. The smallest absolute Gasteiger partial charge is 0.229 e. The molecule has 0 radical (unpaired) electrons. The van der Waals surface area contributed by atoms with Crippen molar-refractivity contribution in [2.75, 3.05) is 48.5 Å². The molecule has 0 atom stereocenters. The number of aromatic nitrogens is 3. The van der Waals surface area contributed by atoms with Crippen molar-refractivity contribution in [1.29, 1.82) is 0 Å². The van der Waals surface area contributed by atoms with E-state index < -0.39 is 0 Å². The number of para-hydroxylation sites is 1. The van der Waals surface area contributed by atoms with E-state index in [0.29, 0.717) is 11.9 Å². The Morgan fingerprint density at radius 3 is 2.52 bits per heavy atom. The summed E-state index contributed by atoms with van der Waals surface area (Å²) in [4.78, 5) is 14.4. The maximum absolute atomic E-state index is 5.61. The van der Waals surface area contributed by atoms with Gasteiger partial charge < -0.3 is 21.3 Å². The molecular formula is C14H21N7. The van der Waals surface area contributed by atoms with Crippen molar-refractivity contribution >= 4 is 23.5 Å². The van der Waals surface area contributed by atoms with E-state index in [1.54, 1.807) is 7.05 Å². The first kappa shape index (κ1) is 14.8. The summed E-state index contributed by atoms with van der Waals surface area (Å²) in [5.74, 6) is 1.17. The van der Waals surface area contributed by atoms with E-state index in [-0.39, 0.29) is 5.95 Å². The SMILES string of the molecule is CNc1nc(N)nc(NCCCN(C)c2ccccc2)n1. The van der Waals surface area contributed by atoms with Crippen LogP contribution in [-0.2, 0) is 0 Å². The fourth-order valence-electron chi connectivity index (χ4n) is 1.91. The Kier molecular flexibility index (Phi) is 5.14. The predicted molar refractivity (Wildman–Crippen MR) is 86.6 cm³/mol. The zero-order valence-corrected chi connectivity index (χ0v) is 12.4. The minimum atomic E-state index is 0.207. The topological polar surface area (TPSA) is 92.0 Å². The van der Waals surface area contributed by atoms with Gasteiger partial charge in [0.1, 0.15) is 0 Å². The van der Waals surface area contributed by atoms with Crippen LogP contribution in [0.3, 0.4) is 0 Å². The van der Waals surface area contributed by atoms with E-state index in [1.807, 2.05) is 18.2 Å². The molecule has 2 rings (SSSR count). The van der Waals surface area contributed by atoms with Gasteiger partial charge in [-0.25, -0.2) is 0 Å². The fraction of sp³-hybridized carbons (Fsp3) is 0.357. The molecule has 0 saturated carbocycles. The van der Waals surface area contributed by atoms with Crippen LogP contribution in [0.25, 0.3) is 0 Å². The van der Waals surface area contributed by atoms with E-state index in [4.69, 9.17) is 5.73 Å². The van der Waals surface area contributed by atoms with Crippen LogP contribution in [0.5, 0.6) is 0 Å². The van der Waals surface area contributed by atoms with Crippen molar-refractivity contribution in [1.82, 2.24) is 15.0 Å². The first-order chi connectivity index (χ1) is 10.2. The van der Waals surface area contributed by atoms with E-state index in [9.17, 15) is 0 Å². The van der Waals surface area contributed by atoms with Crippen molar-refractivity contribution in [3.8, 4) is 0 Å². The van der Waals surface area contributed by atoms with Gasteiger partial charge in [0.2, 0.25) is 17.8 Å². The van der Waals surface area contributed by atoms with Crippen LogP contribution in [0, 0.1) is 0 Å². The van der Waals surface area contributed by atoms with Crippen molar-refractivity contribution in [3.05, 3.63) is 30.3 Å². The number of nitrogens with two attached hydrogens (primary N) is 1. The zero-order chi connectivity index (χ0) is 15.1. The van der Waals surface area contributed by atoms with Gasteiger partial charge in [-0.3, -0.25) is 0 Å². The molecule has 21 heavy (non-hydrogen) atoms. The van der Waals surface area contributed by atoms with Gasteiger partial charge in [0.05, 0.1) is 0 Å². The summed E-state index contributed by atoms with van der Waals surface area (Å²) in [7, 11) is 3.82. The Labute approximate surface area is 124 Å². The number of hydrogen-bond donors (Lipinski definition) is 3. The molecule has 1 heterocycles. The molecule has 0 spiro atoms. The normalized spacial score (nSPS) is 10.2. The molecule has 0 aliphatic heterocycles. The first-order valence-corrected chi connectivity index (χ1v) is 6.88. The molecule has 0 unspecified atom stereocenters. The Morgan fingerprint density at radius 2 is 1.81 bits per heavy atom. The number of hydrogen-bond acceptors (Lipinski definition) is 7. The average molecular weight is 287 g/mol. The minimum Gasteiger partial charge on any atom is -0.375 e. The van der Waals surface area contributed by atoms with Gasteiger partial charge in [0, 0.05) is 32.9 Å². The van der Waals surface area contributed by atoms with Crippen LogP contribution in [-0.4, -0.2) is 42.1 Å². The third-order valence-corrected chi connectivity index (χ3v) is 3.03. The summed E-state index contributed by atoms with van der Waals surface area (Å²) < 4.78 is 0. The Hall–Kier alpha value is -2.57. The maximum Gasteiger partial charge on any atom is 0.229 e. The third kappa shape index (κ3) is 4.48.